The standard InChI is InChI=1S/C11H8Cl3NO/c1-6-9(10(16)11(12,13)14)7-4-2-3-5-8(7)15-6/h2-5,15H,1H3. The molecule has 0 radical (unpaired) electrons. The van der Waals surface area contributed by atoms with E-state index in [1.54, 1.807) is 6.92 Å². The lowest BCUT2D eigenvalue weighted by molar-refractivity contribution is 0.0997. The summed E-state index contributed by atoms with van der Waals surface area (Å²) in [7, 11) is 0. The van der Waals surface area contributed by atoms with Gasteiger partial charge in [-0.3, -0.25) is 4.79 Å². The molecular weight excluding hydrogens is 268 g/mol. The molecule has 0 atom stereocenters. The van der Waals surface area contributed by atoms with Crippen molar-refractivity contribution < 1.29 is 4.79 Å². The second-order valence-corrected chi connectivity index (χ2v) is 5.78. The SMILES string of the molecule is Cc1[nH]c2ccccc2c1C(=O)C(Cl)(Cl)Cl. The summed E-state index contributed by atoms with van der Waals surface area (Å²) >= 11 is 16.8. The Morgan fingerprint density at radius 1 is 1.25 bits per heavy atom. The number of aromatic nitrogens is 1. The van der Waals surface area contributed by atoms with E-state index in [0.29, 0.717) is 11.3 Å². The second-order valence-electron chi connectivity index (χ2n) is 3.50. The molecule has 0 spiro atoms. The van der Waals surface area contributed by atoms with Crippen LogP contribution in [0.25, 0.3) is 10.9 Å². The van der Waals surface area contributed by atoms with Gasteiger partial charge in [0.1, 0.15) is 0 Å². The van der Waals surface area contributed by atoms with Crippen LogP contribution in [0.1, 0.15) is 16.1 Å². The minimum absolute atomic E-state index is 0.440. The largest absolute Gasteiger partial charge is 0.358 e. The molecule has 0 saturated heterocycles. The average Bonchev–Trinajstić information content (AvgIpc) is 2.51. The molecule has 5 heteroatoms. The lowest BCUT2D eigenvalue weighted by Crippen LogP contribution is -2.19. The van der Waals surface area contributed by atoms with E-state index in [2.05, 4.69) is 4.98 Å². The van der Waals surface area contributed by atoms with Crippen LogP contribution in [0.2, 0.25) is 0 Å². The minimum Gasteiger partial charge on any atom is -0.358 e. The lowest BCUT2D eigenvalue weighted by Gasteiger charge is -2.09. The highest BCUT2D eigenvalue weighted by atomic mass is 35.6. The third-order valence-electron chi connectivity index (χ3n) is 2.38. The first kappa shape index (κ1) is 11.8. The van der Waals surface area contributed by atoms with Crippen molar-refractivity contribution in [2.24, 2.45) is 0 Å². The zero-order valence-corrected chi connectivity index (χ0v) is 10.6. The third kappa shape index (κ3) is 1.93. The Balaban J connectivity index is 2.69. The number of aromatic amines is 1. The van der Waals surface area contributed by atoms with Crippen molar-refractivity contribution in [3.05, 3.63) is 35.5 Å². The topological polar surface area (TPSA) is 32.9 Å². The zero-order chi connectivity index (χ0) is 11.9. The van der Waals surface area contributed by atoms with Gasteiger partial charge in [0.15, 0.2) is 0 Å². The number of para-hydroxylation sites is 1. The smallest absolute Gasteiger partial charge is 0.253 e. The van der Waals surface area contributed by atoms with Gasteiger partial charge in [0.25, 0.3) is 3.79 Å². The van der Waals surface area contributed by atoms with Crippen molar-refractivity contribution >= 4 is 51.5 Å². The molecule has 0 bridgehead atoms. The molecular formula is C11H8Cl3NO. The molecule has 0 aliphatic heterocycles. The number of nitrogens with one attached hydrogen (secondary N) is 1. The van der Waals surface area contributed by atoms with Gasteiger partial charge in [-0.05, 0) is 13.0 Å². The molecule has 1 heterocycles. The number of alkyl halides is 3. The first-order valence-electron chi connectivity index (χ1n) is 4.60. The van der Waals surface area contributed by atoms with Crippen molar-refractivity contribution in [2.75, 3.05) is 0 Å². The van der Waals surface area contributed by atoms with E-state index in [1.165, 1.54) is 0 Å². The van der Waals surface area contributed by atoms with Gasteiger partial charge in [0.05, 0.1) is 5.56 Å². The quantitative estimate of drug-likeness (QED) is 0.619. The number of ketones is 1. The van der Waals surface area contributed by atoms with Crippen LogP contribution < -0.4 is 0 Å². The normalized spacial score (nSPS) is 12.0. The fourth-order valence-corrected chi connectivity index (χ4v) is 1.99. The van der Waals surface area contributed by atoms with Gasteiger partial charge < -0.3 is 4.98 Å². The molecule has 0 aliphatic rings. The fourth-order valence-electron chi connectivity index (χ4n) is 1.71. The molecule has 1 aromatic carbocycles. The number of benzene rings is 1. The van der Waals surface area contributed by atoms with E-state index in [4.69, 9.17) is 34.8 Å². The highest BCUT2D eigenvalue weighted by Crippen LogP contribution is 2.34. The Labute approximate surface area is 107 Å². The summed E-state index contributed by atoms with van der Waals surface area (Å²) in [5.74, 6) is -0.507. The Morgan fingerprint density at radius 3 is 2.50 bits per heavy atom. The summed E-state index contributed by atoms with van der Waals surface area (Å²) in [6, 6.07) is 7.41. The molecule has 84 valence electrons. The molecule has 1 N–H and O–H groups in total. The summed E-state index contributed by atoms with van der Waals surface area (Å²) in [5, 5.41) is 0.774. The number of rotatable bonds is 1. The minimum atomic E-state index is -1.92. The number of aryl methyl sites for hydroxylation is 1. The highest BCUT2D eigenvalue weighted by molar-refractivity contribution is 6.77. The zero-order valence-electron chi connectivity index (χ0n) is 8.35. The number of hydrogen-bond donors (Lipinski definition) is 1. The molecule has 16 heavy (non-hydrogen) atoms. The first-order valence-corrected chi connectivity index (χ1v) is 5.73. The monoisotopic (exact) mass is 275 g/mol. The predicted octanol–water partition coefficient (Wildman–Crippen LogP) is 4.03. The number of carbonyl (C=O) groups excluding carboxylic acids is 1. The van der Waals surface area contributed by atoms with E-state index < -0.39 is 9.58 Å². The number of Topliss-reactive ketones (excluding diaryl/α,β-unsaturated/α-hetero) is 1. The molecule has 0 aliphatic carbocycles. The van der Waals surface area contributed by atoms with Crippen molar-refractivity contribution in [3.8, 4) is 0 Å². The molecule has 0 saturated carbocycles. The number of H-pyrrole nitrogens is 1. The van der Waals surface area contributed by atoms with Gasteiger partial charge in [0.2, 0.25) is 5.78 Å². The van der Waals surface area contributed by atoms with Crippen molar-refractivity contribution in [1.82, 2.24) is 4.98 Å². The summed E-state index contributed by atoms with van der Waals surface area (Å²) in [4.78, 5) is 15.0. The van der Waals surface area contributed by atoms with E-state index >= 15 is 0 Å². The van der Waals surface area contributed by atoms with Crippen LogP contribution in [0.15, 0.2) is 24.3 Å². The molecule has 2 aromatic rings. The molecule has 2 rings (SSSR count). The maximum atomic E-state index is 11.9. The van der Waals surface area contributed by atoms with Gasteiger partial charge in [-0.2, -0.15) is 0 Å². The van der Waals surface area contributed by atoms with Gasteiger partial charge >= 0.3 is 0 Å². The first-order chi connectivity index (χ1) is 7.41. The second kappa shape index (κ2) is 3.95. The average molecular weight is 277 g/mol. The Hall–Kier alpha value is -0.700. The van der Waals surface area contributed by atoms with Crippen molar-refractivity contribution in [3.63, 3.8) is 0 Å². The van der Waals surface area contributed by atoms with Crippen molar-refractivity contribution in [1.29, 1.82) is 0 Å². The molecule has 0 fully saturated rings. The van der Waals surface area contributed by atoms with Crippen LogP contribution in [0.3, 0.4) is 0 Å². The Morgan fingerprint density at radius 2 is 1.88 bits per heavy atom. The van der Waals surface area contributed by atoms with Crippen LogP contribution in [0.5, 0.6) is 0 Å². The maximum absolute atomic E-state index is 11.9. The summed E-state index contributed by atoms with van der Waals surface area (Å²) in [6.45, 7) is 1.78. The number of hydrogen-bond acceptors (Lipinski definition) is 1. The molecule has 2 nitrogen and oxygen atoms in total. The van der Waals surface area contributed by atoms with Crippen molar-refractivity contribution in [2.45, 2.75) is 10.7 Å². The lowest BCUT2D eigenvalue weighted by atomic mass is 10.1. The van der Waals surface area contributed by atoms with Gasteiger partial charge in [-0.25, -0.2) is 0 Å². The van der Waals surface area contributed by atoms with Crippen LogP contribution in [0, 0.1) is 6.92 Å². The van der Waals surface area contributed by atoms with E-state index in [1.807, 2.05) is 24.3 Å². The summed E-state index contributed by atoms with van der Waals surface area (Å²) < 4.78 is -1.92. The molecule has 1 aromatic heterocycles. The number of halogens is 3. The Kier molecular flexibility index (Phi) is 2.91. The molecule has 0 amide bonds. The summed E-state index contributed by atoms with van der Waals surface area (Å²) in [6.07, 6.45) is 0. The highest BCUT2D eigenvalue weighted by Gasteiger charge is 2.34. The van der Waals surface area contributed by atoms with Crippen LogP contribution in [0.4, 0.5) is 0 Å². The molecule has 0 unspecified atom stereocenters. The third-order valence-corrected chi connectivity index (χ3v) is 2.89. The van der Waals surface area contributed by atoms with Crippen LogP contribution >= 0.6 is 34.8 Å². The van der Waals surface area contributed by atoms with Crippen LogP contribution in [-0.2, 0) is 0 Å². The van der Waals surface area contributed by atoms with Gasteiger partial charge in [0, 0.05) is 16.6 Å². The fraction of sp³-hybridized carbons (Fsp3) is 0.182. The van der Waals surface area contributed by atoms with E-state index in [-0.39, 0.29) is 0 Å². The van der Waals surface area contributed by atoms with E-state index in [9.17, 15) is 4.79 Å². The summed E-state index contributed by atoms with van der Waals surface area (Å²) in [5.41, 5.74) is 2.01. The van der Waals surface area contributed by atoms with Gasteiger partial charge in [-0.1, -0.05) is 53.0 Å². The maximum Gasteiger partial charge on any atom is 0.253 e. The predicted molar refractivity (Wildman–Crippen MR) is 67.7 cm³/mol. The van der Waals surface area contributed by atoms with Crippen LogP contribution in [-0.4, -0.2) is 14.6 Å². The number of fused-ring (bicyclic) bond motifs is 1. The number of carbonyl (C=O) groups is 1. The van der Waals surface area contributed by atoms with Gasteiger partial charge in [-0.15, -0.1) is 0 Å². The Bertz CT molecular complexity index is 554. The van der Waals surface area contributed by atoms with E-state index in [0.717, 1.165) is 10.9 Å².